The van der Waals surface area contributed by atoms with Crippen molar-refractivity contribution in [3.8, 4) is 11.3 Å². The van der Waals surface area contributed by atoms with E-state index in [2.05, 4.69) is 9.97 Å². The van der Waals surface area contributed by atoms with Crippen molar-refractivity contribution in [2.24, 2.45) is 0 Å². The summed E-state index contributed by atoms with van der Waals surface area (Å²) in [7, 11) is 0. The summed E-state index contributed by atoms with van der Waals surface area (Å²) in [5.41, 5.74) is 2.04. The summed E-state index contributed by atoms with van der Waals surface area (Å²) in [5.74, 6) is -0.255. The standard InChI is InChI=1S/C11H9FN2/c1-8-6-13-7-14-11(8)9-4-2-3-5-10(9)12/h2-7H,1H3. The quantitative estimate of drug-likeness (QED) is 0.687. The first-order chi connectivity index (χ1) is 6.79. The minimum absolute atomic E-state index is 0.255. The van der Waals surface area contributed by atoms with Gasteiger partial charge in [0.15, 0.2) is 0 Å². The van der Waals surface area contributed by atoms with E-state index in [1.165, 1.54) is 12.4 Å². The van der Waals surface area contributed by atoms with E-state index in [1.54, 1.807) is 24.4 Å². The maximum atomic E-state index is 13.4. The Balaban J connectivity index is 2.61. The fourth-order valence-corrected chi connectivity index (χ4v) is 1.33. The Morgan fingerprint density at radius 2 is 2.00 bits per heavy atom. The summed E-state index contributed by atoms with van der Waals surface area (Å²) in [6.45, 7) is 1.86. The van der Waals surface area contributed by atoms with Crippen LogP contribution >= 0.6 is 0 Å². The number of aryl methyl sites for hydroxylation is 1. The molecule has 0 amide bonds. The summed E-state index contributed by atoms with van der Waals surface area (Å²) in [4.78, 5) is 7.92. The van der Waals surface area contributed by atoms with Crippen LogP contribution in [-0.4, -0.2) is 9.97 Å². The summed E-state index contributed by atoms with van der Waals surface area (Å²) in [6, 6.07) is 6.59. The molecule has 0 N–H and O–H groups in total. The topological polar surface area (TPSA) is 25.8 Å². The van der Waals surface area contributed by atoms with Crippen LogP contribution in [0.4, 0.5) is 4.39 Å². The molecule has 14 heavy (non-hydrogen) atoms. The Bertz CT molecular complexity index is 411. The molecule has 0 unspecified atom stereocenters. The average Bonchev–Trinajstić information content (AvgIpc) is 2.20. The van der Waals surface area contributed by atoms with Gasteiger partial charge in [-0.15, -0.1) is 0 Å². The van der Waals surface area contributed by atoms with E-state index in [0.717, 1.165) is 5.56 Å². The van der Waals surface area contributed by atoms with Gasteiger partial charge in [0.2, 0.25) is 0 Å². The second kappa shape index (κ2) is 3.54. The van der Waals surface area contributed by atoms with Crippen LogP contribution in [-0.2, 0) is 0 Å². The van der Waals surface area contributed by atoms with Crippen molar-refractivity contribution in [3.05, 3.63) is 48.2 Å². The zero-order valence-electron chi connectivity index (χ0n) is 7.74. The van der Waals surface area contributed by atoms with Gasteiger partial charge in [-0.3, -0.25) is 0 Å². The molecule has 3 heteroatoms. The van der Waals surface area contributed by atoms with Gasteiger partial charge in [0.25, 0.3) is 0 Å². The first-order valence-corrected chi connectivity index (χ1v) is 4.30. The second-order valence-electron chi connectivity index (χ2n) is 3.03. The molecule has 0 spiro atoms. The van der Waals surface area contributed by atoms with Crippen molar-refractivity contribution in [1.82, 2.24) is 9.97 Å². The fraction of sp³-hybridized carbons (Fsp3) is 0.0909. The van der Waals surface area contributed by atoms with Gasteiger partial charge in [-0.1, -0.05) is 12.1 Å². The lowest BCUT2D eigenvalue weighted by Crippen LogP contribution is -1.91. The van der Waals surface area contributed by atoms with Crippen LogP contribution < -0.4 is 0 Å². The third-order valence-corrected chi connectivity index (χ3v) is 2.02. The van der Waals surface area contributed by atoms with Crippen molar-refractivity contribution >= 4 is 0 Å². The minimum Gasteiger partial charge on any atom is -0.245 e. The molecular formula is C11H9FN2. The Labute approximate surface area is 81.5 Å². The molecule has 70 valence electrons. The number of hydrogen-bond acceptors (Lipinski definition) is 2. The number of hydrogen-bond donors (Lipinski definition) is 0. The molecule has 0 fully saturated rings. The molecule has 0 bridgehead atoms. The highest BCUT2D eigenvalue weighted by atomic mass is 19.1. The summed E-state index contributed by atoms with van der Waals surface area (Å²) >= 11 is 0. The molecule has 0 atom stereocenters. The third-order valence-electron chi connectivity index (χ3n) is 2.02. The van der Waals surface area contributed by atoms with E-state index < -0.39 is 0 Å². The van der Waals surface area contributed by atoms with Crippen molar-refractivity contribution < 1.29 is 4.39 Å². The lowest BCUT2D eigenvalue weighted by Gasteiger charge is -2.04. The molecule has 2 aromatic rings. The lowest BCUT2D eigenvalue weighted by atomic mass is 10.1. The Kier molecular flexibility index (Phi) is 2.23. The van der Waals surface area contributed by atoms with Crippen LogP contribution in [0.5, 0.6) is 0 Å². The number of halogens is 1. The largest absolute Gasteiger partial charge is 0.245 e. The molecule has 0 aliphatic heterocycles. The molecule has 0 saturated carbocycles. The van der Waals surface area contributed by atoms with Crippen LogP contribution in [0.1, 0.15) is 5.56 Å². The monoisotopic (exact) mass is 188 g/mol. The van der Waals surface area contributed by atoms with Crippen molar-refractivity contribution in [2.75, 3.05) is 0 Å². The van der Waals surface area contributed by atoms with Crippen LogP contribution in [0.2, 0.25) is 0 Å². The summed E-state index contributed by atoms with van der Waals surface area (Å²) in [5, 5.41) is 0. The second-order valence-corrected chi connectivity index (χ2v) is 3.03. The highest BCUT2D eigenvalue weighted by Crippen LogP contribution is 2.22. The van der Waals surface area contributed by atoms with Gasteiger partial charge in [0.05, 0.1) is 5.69 Å². The van der Waals surface area contributed by atoms with E-state index in [-0.39, 0.29) is 5.82 Å². The Hall–Kier alpha value is -1.77. The first kappa shape index (κ1) is 8.81. The maximum absolute atomic E-state index is 13.4. The van der Waals surface area contributed by atoms with E-state index in [4.69, 9.17) is 0 Å². The molecule has 1 aromatic heterocycles. The normalized spacial score (nSPS) is 10.1. The molecule has 1 heterocycles. The van der Waals surface area contributed by atoms with E-state index in [0.29, 0.717) is 11.3 Å². The highest BCUT2D eigenvalue weighted by Gasteiger charge is 2.07. The molecule has 0 aliphatic rings. The van der Waals surface area contributed by atoms with Crippen LogP contribution in [0.3, 0.4) is 0 Å². The minimum atomic E-state index is -0.255. The summed E-state index contributed by atoms with van der Waals surface area (Å²) < 4.78 is 13.4. The first-order valence-electron chi connectivity index (χ1n) is 4.30. The highest BCUT2D eigenvalue weighted by molar-refractivity contribution is 5.62. The zero-order chi connectivity index (χ0) is 9.97. The van der Waals surface area contributed by atoms with E-state index >= 15 is 0 Å². The maximum Gasteiger partial charge on any atom is 0.132 e. The smallest absolute Gasteiger partial charge is 0.132 e. The molecule has 0 saturated heterocycles. The number of aromatic nitrogens is 2. The van der Waals surface area contributed by atoms with Gasteiger partial charge in [-0.05, 0) is 24.6 Å². The number of benzene rings is 1. The zero-order valence-corrected chi connectivity index (χ0v) is 7.74. The van der Waals surface area contributed by atoms with Gasteiger partial charge in [0.1, 0.15) is 12.1 Å². The van der Waals surface area contributed by atoms with Gasteiger partial charge < -0.3 is 0 Å². The van der Waals surface area contributed by atoms with Gasteiger partial charge in [-0.25, -0.2) is 14.4 Å². The predicted molar refractivity (Wildman–Crippen MR) is 52.2 cm³/mol. The number of nitrogens with zero attached hydrogens (tertiary/aromatic N) is 2. The van der Waals surface area contributed by atoms with Crippen LogP contribution in [0.25, 0.3) is 11.3 Å². The van der Waals surface area contributed by atoms with Gasteiger partial charge in [-0.2, -0.15) is 0 Å². The van der Waals surface area contributed by atoms with Crippen LogP contribution in [0, 0.1) is 12.7 Å². The fourth-order valence-electron chi connectivity index (χ4n) is 1.33. The van der Waals surface area contributed by atoms with E-state index in [1.807, 2.05) is 6.92 Å². The van der Waals surface area contributed by atoms with Crippen LogP contribution in [0.15, 0.2) is 36.8 Å². The SMILES string of the molecule is Cc1cncnc1-c1ccccc1F. The predicted octanol–water partition coefficient (Wildman–Crippen LogP) is 2.59. The van der Waals surface area contributed by atoms with Gasteiger partial charge >= 0.3 is 0 Å². The van der Waals surface area contributed by atoms with Gasteiger partial charge in [0, 0.05) is 11.8 Å². The van der Waals surface area contributed by atoms with E-state index in [9.17, 15) is 4.39 Å². The number of rotatable bonds is 1. The summed E-state index contributed by atoms with van der Waals surface area (Å²) in [6.07, 6.45) is 3.10. The molecular weight excluding hydrogens is 179 g/mol. The third kappa shape index (κ3) is 1.48. The molecule has 1 aromatic carbocycles. The Morgan fingerprint density at radius 3 is 2.71 bits per heavy atom. The average molecular weight is 188 g/mol. The lowest BCUT2D eigenvalue weighted by molar-refractivity contribution is 0.630. The molecule has 0 aliphatic carbocycles. The molecule has 2 rings (SSSR count). The van der Waals surface area contributed by atoms with Crippen molar-refractivity contribution in [3.63, 3.8) is 0 Å². The van der Waals surface area contributed by atoms with Crippen molar-refractivity contribution in [1.29, 1.82) is 0 Å². The molecule has 2 nitrogen and oxygen atoms in total. The Morgan fingerprint density at radius 1 is 1.21 bits per heavy atom. The molecule has 0 radical (unpaired) electrons. The van der Waals surface area contributed by atoms with Crippen molar-refractivity contribution in [2.45, 2.75) is 6.92 Å².